The highest BCUT2D eigenvalue weighted by molar-refractivity contribution is 7.47. The first-order valence-corrected chi connectivity index (χ1v) is 15.2. The number of ether oxygens (including phenoxy) is 1. The van der Waals surface area contributed by atoms with Crippen molar-refractivity contribution in [3.8, 4) is 0 Å². The third-order valence-electron chi connectivity index (χ3n) is 5.68. The zero-order chi connectivity index (χ0) is 26.9. The summed E-state index contributed by atoms with van der Waals surface area (Å²) in [5.74, 6) is -1.63. The van der Waals surface area contributed by atoms with E-state index in [2.05, 4.69) is 23.6 Å². The number of phosphoric acid groups is 1. The first kappa shape index (κ1) is 34.8. The van der Waals surface area contributed by atoms with Gasteiger partial charge in [0.15, 0.2) is 0 Å². The van der Waals surface area contributed by atoms with E-state index in [0.29, 0.717) is 19.4 Å². The lowest BCUT2D eigenvalue weighted by Gasteiger charge is -2.13. The van der Waals surface area contributed by atoms with Crippen molar-refractivity contribution in [3.63, 3.8) is 0 Å². The SMILES string of the molecule is CCCCCCCC/C=C\CCCCCCCCOC(=O)CCCCOP(=O)(O)OC[C@H](N)C(=O)O. The van der Waals surface area contributed by atoms with Crippen molar-refractivity contribution in [2.45, 2.75) is 122 Å². The van der Waals surface area contributed by atoms with Gasteiger partial charge < -0.3 is 20.5 Å². The molecular formula is C26H50NO8P. The Morgan fingerprint density at radius 3 is 1.92 bits per heavy atom. The van der Waals surface area contributed by atoms with Gasteiger partial charge in [0.25, 0.3) is 0 Å². The minimum Gasteiger partial charge on any atom is -0.480 e. The Balaban J connectivity index is 3.43. The molecule has 10 heteroatoms. The van der Waals surface area contributed by atoms with Crippen LogP contribution in [0.5, 0.6) is 0 Å². The molecule has 0 aliphatic rings. The van der Waals surface area contributed by atoms with Crippen LogP contribution < -0.4 is 5.73 Å². The van der Waals surface area contributed by atoms with E-state index < -0.39 is 26.4 Å². The Labute approximate surface area is 217 Å². The van der Waals surface area contributed by atoms with E-state index in [1.54, 1.807) is 0 Å². The highest BCUT2D eigenvalue weighted by Crippen LogP contribution is 2.43. The van der Waals surface area contributed by atoms with Gasteiger partial charge in [0.1, 0.15) is 6.04 Å². The maximum absolute atomic E-state index is 11.7. The topological polar surface area (TPSA) is 145 Å². The Morgan fingerprint density at radius 1 is 0.806 bits per heavy atom. The predicted molar refractivity (Wildman–Crippen MR) is 142 cm³/mol. The fourth-order valence-electron chi connectivity index (χ4n) is 3.44. The summed E-state index contributed by atoms with van der Waals surface area (Å²) in [4.78, 5) is 31.7. The molecule has 0 aromatic carbocycles. The molecule has 1 unspecified atom stereocenters. The van der Waals surface area contributed by atoms with Crippen LogP contribution in [0, 0.1) is 0 Å². The Hall–Kier alpha value is -1.25. The largest absolute Gasteiger partial charge is 0.480 e. The number of allylic oxidation sites excluding steroid dienone is 2. The number of phosphoric ester groups is 1. The van der Waals surface area contributed by atoms with E-state index in [1.165, 1.54) is 70.6 Å². The molecule has 0 bridgehead atoms. The summed E-state index contributed by atoms with van der Waals surface area (Å²) in [7, 11) is -4.36. The first-order chi connectivity index (χ1) is 17.3. The van der Waals surface area contributed by atoms with Gasteiger partial charge in [-0.2, -0.15) is 0 Å². The number of esters is 1. The zero-order valence-electron chi connectivity index (χ0n) is 22.2. The molecule has 0 amide bonds. The second kappa shape index (κ2) is 24.1. The molecule has 0 aliphatic heterocycles. The highest BCUT2D eigenvalue weighted by atomic mass is 31.2. The van der Waals surface area contributed by atoms with Crippen LogP contribution in [0.25, 0.3) is 0 Å². The average molecular weight is 536 g/mol. The van der Waals surface area contributed by atoms with Gasteiger partial charge in [0.05, 0.1) is 19.8 Å². The van der Waals surface area contributed by atoms with Crippen molar-refractivity contribution in [1.29, 1.82) is 0 Å². The van der Waals surface area contributed by atoms with E-state index in [1.807, 2.05) is 0 Å². The van der Waals surface area contributed by atoms with E-state index in [9.17, 15) is 19.0 Å². The second-order valence-electron chi connectivity index (χ2n) is 9.16. The van der Waals surface area contributed by atoms with Crippen molar-refractivity contribution >= 4 is 19.8 Å². The van der Waals surface area contributed by atoms with Gasteiger partial charge in [-0.05, 0) is 44.9 Å². The molecular weight excluding hydrogens is 485 g/mol. The monoisotopic (exact) mass is 535 g/mol. The normalized spacial score (nSPS) is 14.1. The van der Waals surface area contributed by atoms with Crippen molar-refractivity contribution in [2.75, 3.05) is 19.8 Å². The lowest BCUT2D eigenvalue weighted by Crippen LogP contribution is -2.34. The molecule has 0 rings (SSSR count). The average Bonchev–Trinajstić information content (AvgIpc) is 2.84. The van der Waals surface area contributed by atoms with E-state index >= 15 is 0 Å². The van der Waals surface area contributed by atoms with E-state index in [0.717, 1.165) is 19.3 Å². The van der Waals surface area contributed by atoms with Crippen molar-refractivity contribution in [2.24, 2.45) is 5.73 Å². The molecule has 2 atom stereocenters. The molecule has 0 aromatic rings. The van der Waals surface area contributed by atoms with Gasteiger partial charge in [-0.3, -0.25) is 18.6 Å². The smallest absolute Gasteiger partial charge is 0.472 e. The van der Waals surface area contributed by atoms with E-state index in [4.69, 9.17) is 20.1 Å². The second-order valence-corrected chi connectivity index (χ2v) is 10.6. The summed E-state index contributed by atoms with van der Waals surface area (Å²) in [6.45, 7) is 1.93. The van der Waals surface area contributed by atoms with Gasteiger partial charge >= 0.3 is 19.8 Å². The molecule has 0 saturated heterocycles. The number of carbonyl (C=O) groups excluding carboxylic acids is 1. The number of hydrogen-bond donors (Lipinski definition) is 3. The molecule has 0 fully saturated rings. The zero-order valence-corrected chi connectivity index (χ0v) is 23.1. The third kappa shape index (κ3) is 24.4. The summed E-state index contributed by atoms with van der Waals surface area (Å²) in [6, 6.07) is -1.41. The summed E-state index contributed by atoms with van der Waals surface area (Å²) in [6.07, 6.45) is 22.9. The Kier molecular flexibility index (Phi) is 23.3. The summed E-state index contributed by atoms with van der Waals surface area (Å²) < 4.78 is 26.0. The van der Waals surface area contributed by atoms with Crippen LogP contribution in [-0.4, -0.2) is 47.8 Å². The van der Waals surface area contributed by atoms with Crippen LogP contribution in [0.1, 0.15) is 116 Å². The maximum Gasteiger partial charge on any atom is 0.472 e. The minimum absolute atomic E-state index is 0.0989. The van der Waals surface area contributed by atoms with Gasteiger partial charge in [0.2, 0.25) is 0 Å². The Bertz CT molecular complexity index is 629. The lowest BCUT2D eigenvalue weighted by atomic mass is 10.1. The van der Waals surface area contributed by atoms with Crippen molar-refractivity contribution < 1.29 is 37.9 Å². The van der Waals surface area contributed by atoms with Crippen LogP contribution in [0.2, 0.25) is 0 Å². The number of carboxylic acid groups (broad SMARTS) is 1. The number of hydrogen-bond acceptors (Lipinski definition) is 7. The standard InChI is InChI=1S/C26H50NO8P/c1-2-3-4-5-6-7-8-9-10-11-12-13-14-15-16-18-21-33-25(28)20-17-19-22-34-36(31,32)35-23-24(27)26(29)30/h9-10,24H,2-8,11-23,27H2,1H3,(H,29,30)(H,31,32)/b10-9-/t24-/m0/s1. The number of unbranched alkanes of at least 4 members (excludes halogenated alkanes) is 13. The molecule has 0 aromatic heterocycles. The fourth-order valence-corrected chi connectivity index (χ4v) is 4.23. The van der Waals surface area contributed by atoms with Crippen LogP contribution in [0.4, 0.5) is 0 Å². The van der Waals surface area contributed by atoms with Gasteiger partial charge in [0, 0.05) is 6.42 Å². The van der Waals surface area contributed by atoms with Gasteiger partial charge in [-0.15, -0.1) is 0 Å². The molecule has 0 aliphatic carbocycles. The summed E-state index contributed by atoms with van der Waals surface area (Å²) in [5.41, 5.74) is 5.19. The van der Waals surface area contributed by atoms with Gasteiger partial charge in [-0.25, -0.2) is 4.57 Å². The van der Waals surface area contributed by atoms with Crippen molar-refractivity contribution in [1.82, 2.24) is 0 Å². The van der Waals surface area contributed by atoms with E-state index in [-0.39, 0.29) is 19.0 Å². The van der Waals surface area contributed by atoms with Crippen LogP contribution in [-0.2, 0) is 27.9 Å². The quantitative estimate of drug-likeness (QED) is 0.0504. The number of aliphatic carboxylic acids is 1. The molecule has 4 N–H and O–H groups in total. The molecule has 0 spiro atoms. The van der Waals surface area contributed by atoms with Crippen LogP contribution in [0.15, 0.2) is 12.2 Å². The summed E-state index contributed by atoms with van der Waals surface area (Å²) >= 11 is 0. The highest BCUT2D eigenvalue weighted by Gasteiger charge is 2.24. The fraction of sp³-hybridized carbons (Fsp3) is 0.846. The lowest BCUT2D eigenvalue weighted by molar-refractivity contribution is -0.144. The predicted octanol–water partition coefficient (Wildman–Crippen LogP) is 6.28. The number of rotatable bonds is 26. The molecule has 0 saturated carbocycles. The number of carboxylic acids is 1. The number of carbonyl (C=O) groups is 2. The van der Waals surface area contributed by atoms with Crippen molar-refractivity contribution in [3.05, 3.63) is 12.2 Å². The maximum atomic E-state index is 11.7. The molecule has 0 radical (unpaired) electrons. The number of nitrogens with two attached hydrogens (primary N) is 1. The van der Waals surface area contributed by atoms with Crippen LogP contribution in [0.3, 0.4) is 0 Å². The molecule has 36 heavy (non-hydrogen) atoms. The molecule has 0 heterocycles. The van der Waals surface area contributed by atoms with Gasteiger partial charge in [-0.1, -0.05) is 76.9 Å². The van der Waals surface area contributed by atoms with Crippen LogP contribution >= 0.6 is 7.82 Å². The minimum atomic E-state index is -4.36. The Morgan fingerprint density at radius 2 is 1.33 bits per heavy atom. The summed E-state index contributed by atoms with van der Waals surface area (Å²) in [5, 5.41) is 8.61. The third-order valence-corrected chi connectivity index (χ3v) is 6.67. The molecule has 9 nitrogen and oxygen atoms in total. The molecule has 212 valence electrons. The first-order valence-electron chi connectivity index (χ1n) is 13.7.